The SMILES string of the molecule is CC(C)CC(F)(C(N)=O)C(=O)O. The molecule has 1 atom stereocenters. The number of carboxylic acids is 1. The molecular formula is C7H12FNO3. The molecule has 0 aliphatic carbocycles. The van der Waals surface area contributed by atoms with Crippen LogP contribution in [-0.4, -0.2) is 22.7 Å². The summed E-state index contributed by atoms with van der Waals surface area (Å²) in [6, 6.07) is 0. The fraction of sp³-hybridized carbons (Fsp3) is 0.714. The van der Waals surface area contributed by atoms with E-state index in [4.69, 9.17) is 5.11 Å². The van der Waals surface area contributed by atoms with Crippen LogP contribution in [0.3, 0.4) is 0 Å². The van der Waals surface area contributed by atoms with Gasteiger partial charge in [-0.25, -0.2) is 9.18 Å². The van der Waals surface area contributed by atoms with Gasteiger partial charge in [0.05, 0.1) is 0 Å². The Hall–Kier alpha value is -1.13. The van der Waals surface area contributed by atoms with E-state index in [0.717, 1.165) is 0 Å². The van der Waals surface area contributed by atoms with Gasteiger partial charge in [0, 0.05) is 6.42 Å². The summed E-state index contributed by atoms with van der Waals surface area (Å²) in [5, 5.41) is 8.38. The van der Waals surface area contributed by atoms with Gasteiger partial charge in [-0.15, -0.1) is 0 Å². The highest BCUT2D eigenvalue weighted by atomic mass is 19.1. The Bertz CT molecular complexity index is 189. The van der Waals surface area contributed by atoms with Crippen LogP contribution in [0.4, 0.5) is 4.39 Å². The number of hydrogen-bond acceptors (Lipinski definition) is 2. The minimum absolute atomic E-state index is 0.237. The van der Waals surface area contributed by atoms with Crippen molar-refractivity contribution >= 4 is 11.9 Å². The quantitative estimate of drug-likeness (QED) is 0.606. The highest BCUT2D eigenvalue weighted by Crippen LogP contribution is 2.21. The predicted octanol–water partition coefficient (Wildman–Crippen LogP) is 0.311. The molecule has 0 aliphatic rings. The molecule has 0 saturated heterocycles. The summed E-state index contributed by atoms with van der Waals surface area (Å²) in [6.07, 6.45) is -0.391. The molecule has 0 aliphatic heterocycles. The van der Waals surface area contributed by atoms with E-state index in [-0.39, 0.29) is 5.92 Å². The number of carboxylic acid groups (broad SMARTS) is 1. The van der Waals surface area contributed by atoms with E-state index in [0.29, 0.717) is 0 Å². The smallest absolute Gasteiger partial charge is 0.351 e. The van der Waals surface area contributed by atoms with Crippen molar-refractivity contribution in [3.8, 4) is 0 Å². The van der Waals surface area contributed by atoms with Crippen LogP contribution in [0.2, 0.25) is 0 Å². The first-order valence-corrected chi connectivity index (χ1v) is 3.53. The molecule has 0 bridgehead atoms. The van der Waals surface area contributed by atoms with E-state index in [1.54, 1.807) is 13.8 Å². The number of aliphatic carboxylic acids is 1. The molecule has 0 aromatic carbocycles. The summed E-state index contributed by atoms with van der Waals surface area (Å²) in [5.41, 5.74) is 1.70. The van der Waals surface area contributed by atoms with Crippen molar-refractivity contribution in [2.24, 2.45) is 11.7 Å². The molecule has 70 valence electrons. The number of hydrogen-bond donors (Lipinski definition) is 2. The van der Waals surface area contributed by atoms with Crippen LogP contribution < -0.4 is 5.73 Å². The number of nitrogens with two attached hydrogens (primary N) is 1. The van der Waals surface area contributed by atoms with Crippen molar-refractivity contribution in [2.75, 3.05) is 0 Å². The summed E-state index contributed by atoms with van der Waals surface area (Å²) in [7, 11) is 0. The van der Waals surface area contributed by atoms with Gasteiger partial charge in [0.2, 0.25) is 0 Å². The van der Waals surface area contributed by atoms with Crippen molar-refractivity contribution in [3.05, 3.63) is 0 Å². The Balaban J connectivity index is 4.63. The van der Waals surface area contributed by atoms with Gasteiger partial charge < -0.3 is 10.8 Å². The Morgan fingerprint density at radius 3 is 2.08 bits per heavy atom. The first-order valence-electron chi connectivity index (χ1n) is 3.53. The Labute approximate surface area is 69.6 Å². The molecule has 1 unspecified atom stereocenters. The number of halogens is 1. The summed E-state index contributed by atoms with van der Waals surface area (Å²) in [5.74, 6) is -3.49. The minimum atomic E-state index is -2.92. The van der Waals surface area contributed by atoms with Crippen LogP contribution in [0.1, 0.15) is 20.3 Å². The Kier molecular flexibility index (Phi) is 3.18. The third-order valence-corrected chi connectivity index (χ3v) is 1.42. The van der Waals surface area contributed by atoms with E-state index in [1.807, 2.05) is 0 Å². The number of alkyl halides is 1. The maximum Gasteiger partial charge on any atom is 0.351 e. The number of carbonyl (C=O) groups is 2. The van der Waals surface area contributed by atoms with E-state index < -0.39 is 24.0 Å². The highest BCUT2D eigenvalue weighted by Gasteiger charge is 2.45. The minimum Gasteiger partial charge on any atom is -0.478 e. The second kappa shape index (κ2) is 3.51. The molecule has 0 fully saturated rings. The third kappa shape index (κ3) is 2.18. The normalized spacial score (nSPS) is 15.7. The topological polar surface area (TPSA) is 80.4 Å². The van der Waals surface area contributed by atoms with Crippen molar-refractivity contribution in [1.29, 1.82) is 0 Å². The molecule has 5 heteroatoms. The van der Waals surface area contributed by atoms with Gasteiger partial charge in [-0.2, -0.15) is 0 Å². The largest absolute Gasteiger partial charge is 0.478 e. The summed E-state index contributed by atoms with van der Waals surface area (Å²) < 4.78 is 13.2. The van der Waals surface area contributed by atoms with E-state index in [1.165, 1.54) is 0 Å². The van der Waals surface area contributed by atoms with Gasteiger partial charge in [0.25, 0.3) is 11.6 Å². The number of amides is 1. The van der Waals surface area contributed by atoms with Crippen molar-refractivity contribution in [1.82, 2.24) is 0 Å². The zero-order valence-electron chi connectivity index (χ0n) is 7.00. The molecule has 0 saturated carbocycles. The zero-order valence-corrected chi connectivity index (χ0v) is 7.00. The van der Waals surface area contributed by atoms with Crippen molar-refractivity contribution < 1.29 is 19.1 Å². The predicted molar refractivity (Wildman–Crippen MR) is 40.1 cm³/mol. The monoisotopic (exact) mass is 177 g/mol. The Morgan fingerprint density at radius 1 is 1.58 bits per heavy atom. The molecule has 0 heterocycles. The highest BCUT2D eigenvalue weighted by molar-refractivity contribution is 6.04. The molecule has 0 spiro atoms. The lowest BCUT2D eigenvalue weighted by Crippen LogP contribution is -2.47. The second-order valence-corrected chi connectivity index (χ2v) is 3.07. The Morgan fingerprint density at radius 2 is 2.00 bits per heavy atom. The third-order valence-electron chi connectivity index (χ3n) is 1.42. The summed E-state index contributed by atoms with van der Waals surface area (Å²) in [4.78, 5) is 20.8. The average Bonchev–Trinajstić information content (AvgIpc) is 1.84. The number of carbonyl (C=O) groups excluding carboxylic acids is 1. The van der Waals surface area contributed by atoms with Gasteiger partial charge in [0.1, 0.15) is 0 Å². The average molecular weight is 177 g/mol. The lowest BCUT2D eigenvalue weighted by Gasteiger charge is -2.18. The van der Waals surface area contributed by atoms with Crippen LogP contribution in [0.25, 0.3) is 0 Å². The fourth-order valence-electron chi connectivity index (χ4n) is 0.856. The molecule has 12 heavy (non-hydrogen) atoms. The van der Waals surface area contributed by atoms with Crippen LogP contribution in [0.5, 0.6) is 0 Å². The van der Waals surface area contributed by atoms with Crippen LogP contribution in [0, 0.1) is 5.92 Å². The van der Waals surface area contributed by atoms with E-state index >= 15 is 0 Å². The zero-order chi connectivity index (χ0) is 9.94. The lowest BCUT2D eigenvalue weighted by atomic mass is 9.94. The van der Waals surface area contributed by atoms with Crippen molar-refractivity contribution in [3.63, 3.8) is 0 Å². The molecule has 4 nitrogen and oxygen atoms in total. The molecule has 0 rings (SSSR count). The maximum atomic E-state index is 13.2. The van der Waals surface area contributed by atoms with Gasteiger partial charge >= 0.3 is 5.97 Å². The van der Waals surface area contributed by atoms with Gasteiger partial charge in [0.15, 0.2) is 0 Å². The molecule has 0 radical (unpaired) electrons. The van der Waals surface area contributed by atoms with E-state index in [9.17, 15) is 14.0 Å². The van der Waals surface area contributed by atoms with Gasteiger partial charge in [-0.1, -0.05) is 13.8 Å². The van der Waals surface area contributed by atoms with E-state index in [2.05, 4.69) is 5.73 Å². The number of rotatable bonds is 4. The van der Waals surface area contributed by atoms with Crippen molar-refractivity contribution in [2.45, 2.75) is 25.9 Å². The van der Waals surface area contributed by atoms with Crippen LogP contribution in [0.15, 0.2) is 0 Å². The van der Waals surface area contributed by atoms with Crippen LogP contribution in [-0.2, 0) is 9.59 Å². The molecule has 0 aromatic rings. The molecule has 1 amide bonds. The molecular weight excluding hydrogens is 165 g/mol. The fourth-order valence-corrected chi connectivity index (χ4v) is 0.856. The standard InChI is InChI=1S/C7H12FNO3/c1-4(2)3-7(8,5(9)10)6(11)12/h4H,3H2,1-2H3,(H2,9,10)(H,11,12). The molecule has 0 aromatic heterocycles. The second-order valence-electron chi connectivity index (χ2n) is 3.07. The maximum absolute atomic E-state index is 13.2. The first-order chi connectivity index (χ1) is 5.30. The summed E-state index contributed by atoms with van der Waals surface area (Å²) in [6.45, 7) is 3.22. The lowest BCUT2D eigenvalue weighted by molar-refractivity contribution is -0.158. The molecule has 3 N–H and O–H groups in total. The number of primary amides is 1. The van der Waals surface area contributed by atoms with Crippen LogP contribution >= 0.6 is 0 Å². The van der Waals surface area contributed by atoms with Gasteiger partial charge in [-0.3, -0.25) is 4.79 Å². The summed E-state index contributed by atoms with van der Waals surface area (Å²) >= 11 is 0. The first kappa shape index (κ1) is 10.9. The van der Waals surface area contributed by atoms with Gasteiger partial charge in [-0.05, 0) is 5.92 Å².